The maximum absolute atomic E-state index is 13.1. The lowest BCUT2D eigenvalue weighted by Crippen LogP contribution is -2.35. The summed E-state index contributed by atoms with van der Waals surface area (Å²) in [5, 5.41) is 0.298. The van der Waals surface area contributed by atoms with Crippen LogP contribution >= 0.6 is 11.6 Å². The summed E-state index contributed by atoms with van der Waals surface area (Å²) in [6.07, 6.45) is 0.0137. The highest BCUT2D eigenvalue weighted by Crippen LogP contribution is 2.28. The van der Waals surface area contributed by atoms with Crippen molar-refractivity contribution in [2.24, 2.45) is 10.7 Å². The minimum absolute atomic E-state index is 0.00282. The van der Waals surface area contributed by atoms with Crippen molar-refractivity contribution in [3.05, 3.63) is 76.5 Å². The van der Waals surface area contributed by atoms with Gasteiger partial charge in [-0.25, -0.2) is 4.99 Å². The Morgan fingerprint density at radius 2 is 1.84 bits per heavy atom. The molecule has 0 aromatic heterocycles. The third kappa shape index (κ3) is 5.71. The fourth-order valence-corrected chi connectivity index (χ4v) is 3.95. The van der Waals surface area contributed by atoms with E-state index in [1.54, 1.807) is 48.5 Å². The van der Waals surface area contributed by atoms with Crippen LogP contribution in [0.5, 0.6) is 0 Å². The number of rotatable bonds is 6. The van der Waals surface area contributed by atoms with Crippen molar-refractivity contribution >= 4 is 28.9 Å². The fraction of sp³-hybridized carbons (Fsp3) is 0.333. The Morgan fingerprint density at radius 3 is 2.47 bits per heavy atom. The second-order valence-corrected chi connectivity index (χ2v) is 8.11. The molecule has 0 radical (unpaired) electrons. The smallest absolute Gasteiger partial charge is 0.395 e. The summed E-state index contributed by atoms with van der Waals surface area (Å²) in [5.41, 5.74) is 5.16. The molecule has 0 aliphatic carbocycles. The number of alkyl halides is 3. The van der Waals surface area contributed by atoms with Gasteiger partial charge in [0, 0.05) is 23.7 Å². The summed E-state index contributed by atoms with van der Waals surface area (Å²) in [6.45, 7) is 2.81. The summed E-state index contributed by atoms with van der Waals surface area (Å²) in [7, 11) is 0. The molecule has 8 heteroatoms. The summed E-state index contributed by atoms with van der Waals surface area (Å²) < 4.78 is 39.2. The zero-order valence-electron chi connectivity index (χ0n) is 17.7. The van der Waals surface area contributed by atoms with E-state index in [1.807, 2.05) is 4.90 Å². The molecular formula is C24H25ClF3N3O. The van der Waals surface area contributed by atoms with Crippen LogP contribution in [0.25, 0.3) is 0 Å². The molecule has 1 aliphatic heterocycles. The van der Waals surface area contributed by atoms with Crippen molar-refractivity contribution in [1.29, 1.82) is 0 Å². The van der Waals surface area contributed by atoms with Gasteiger partial charge in [0.15, 0.2) is 0 Å². The van der Waals surface area contributed by atoms with Gasteiger partial charge in [0.1, 0.15) is 5.70 Å². The fourth-order valence-electron chi connectivity index (χ4n) is 3.77. The van der Waals surface area contributed by atoms with Crippen LogP contribution in [0.15, 0.2) is 65.3 Å². The average Bonchev–Trinajstić information content (AvgIpc) is 3.22. The number of hydrogen-bond donors (Lipinski definition) is 1. The van der Waals surface area contributed by atoms with E-state index in [0.717, 1.165) is 38.3 Å². The number of carbonyl (C=O) groups is 1. The number of allylic oxidation sites excluding steroid dienone is 2. The van der Waals surface area contributed by atoms with E-state index in [-0.39, 0.29) is 17.7 Å². The molecular weight excluding hydrogens is 439 g/mol. The SMILES string of the molecule is CCCC1CCCN1C(=O)c1ccc(C(C=C(N)C(F)(F)F)=Nc2ccccc2Cl)cc1. The predicted molar refractivity (Wildman–Crippen MR) is 121 cm³/mol. The van der Waals surface area contributed by atoms with Crippen molar-refractivity contribution in [2.45, 2.75) is 44.8 Å². The minimum atomic E-state index is -4.69. The van der Waals surface area contributed by atoms with E-state index in [1.165, 1.54) is 0 Å². The summed E-state index contributed by atoms with van der Waals surface area (Å²) in [4.78, 5) is 19.1. The molecule has 32 heavy (non-hydrogen) atoms. The maximum Gasteiger partial charge on any atom is 0.430 e. The van der Waals surface area contributed by atoms with Crippen LogP contribution in [-0.2, 0) is 0 Å². The molecule has 1 fully saturated rings. The van der Waals surface area contributed by atoms with Gasteiger partial charge in [0.2, 0.25) is 0 Å². The van der Waals surface area contributed by atoms with Crippen molar-refractivity contribution in [3.8, 4) is 0 Å². The lowest BCUT2D eigenvalue weighted by molar-refractivity contribution is -0.0925. The lowest BCUT2D eigenvalue weighted by atomic mass is 10.0. The Balaban J connectivity index is 1.94. The van der Waals surface area contributed by atoms with Crippen LogP contribution < -0.4 is 5.73 Å². The molecule has 1 atom stereocenters. The molecule has 0 bridgehead atoms. The van der Waals surface area contributed by atoms with Crippen LogP contribution in [0.1, 0.15) is 48.5 Å². The van der Waals surface area contributed by atoms with Crippen molar-refractivity contribution in [1.82, 2.24) is 4.90 Å². The molecule has 1 heterocycles. The number of carbonyl (C=O) groups excluding carboxylic acids is 1. The quantitative estimate of drug-likeness (QED) is 0.513. The predicted octanol–water partition coefficient (Wildman–Crippen LogP) is 6.27. The first-order valence-corrected chi connectivity index (χ1v) is 10.9. The van der Waals surface area contributed by atoms with Gasteiger partial charge in [-0.2, -0.15) is 13.2 Å². The number of likely N-dealkylation sites (tertiary alicyclic amines) is 1. The number of nitrogens with two attached hydrogens (primary N) is 1. The van der Waals surface area contributed by atoms with Crippen LogP contribution in [0.4, 0.5) is 18.9 Å². The Labute approximate surface area is 190 Å². The van der Waals surface area contributed by atoms with Crippen LogP contribution in [0.3, 0.4) is 0 Å². The van der Waals surface area contributed by atoms with Crippen LogP contribution in [-0.4, -0.2) is 35.3 Å². The number of benzene rings is 2. The molecule has 170 valence electrons. The second-order valence-electron chi connectivity index (χ2n) is 7.71. The number of aliphatic imine (C=N–C) groups is 1. The monoisotopic (exact) mass is 463 g/mol. The van der Waals surface area contributed by atoms with Crippen LogP contribution in [0, 0.1) is 0 Å². The zero-order chi connectivity index (χ0) is 23.3. The normalized spacial score (nSPS) is 17.7. The molecule has 2 aromatic carbocycles. The molecule has 0 saturated carbocycles. The Hall–Kier alpha value is -2.80. The van der Waals surface area contributed by atoms with Gasteiger partial charge in [-0.15, -0.1) is 0 Å². The van der Waals surface area contributed by atoms with Crippen molar-refractivity contribution in [2.75, 3.05) is 6.54 Å². The number of para-hydroxylation sites is 1. The highest BCUT2D eigenvalue weighted by atomic mass is 35.5. The van der Waals surface area contributed by atoms with Gasteiger partial charge >= 0.3 is 6.18 Å². The standard InChI is InChI=1S/C24H25ClF3N3O/c1-2-6-18-7-5-14-31(18)23(32)17-12-10-16(11-13-17)21(15-22(29)24(26,27)28)30-20-9-4-3-8-19(20)25/h3-4,8-13,15,18H,2,5-7,14,29H2,1H3. The first kappa shape index (κ1) is 23.9. The number of halogens is 4. The van der Waals surface area contributed by atoms with Gasteiger partial charge < -0.3 is 10.6 Å². The zero-order valence-corrected chi connectivity index (χ0v) is 18.5. The Bertz CT molecular complexity index is 1020. The highest BCUT2D eigenvalue weighted by Gasteiger charge is 2.32. The van der Waals surface area contributed by atoms with E-state index >= 15 is 0 Å². The summed E-state index contributed by atoms with van der Waals surface area (Å²) in [5.74, 6) is -0.0672. The Morgan fingerprint density at radius 1 is 1.19 bits per heavy atom. The summed E-state index contributed by atoms with van der Waals surface area (Å²) in [6, 6.07) is 13.2. The van der Waals surface area contributed by atoms with E-state index in [2.05, 4.69) is 11.9 Å². The number of nitrogens with zero attached hydrogens (tertiary/aromatic N) is 2. The van der Waals surface area contributed by atoms with Gasteiger partial charge in [0.05, 0.1) is 16.4 Å². The second kappa shape index (κ2) is 10.2. The van der Waals surface area contributed by atoms with Crippen LogP contribution in [0.2, 0.25) is 5.02 Å². The average molecular weight is 464 g/mol. The molecule has 1 amide bonds. The topological polar surface area (TPSA) is 58.7 Å². The van der Waals surface area contributed by atoms with E-state index in [0.29, 0.717) is 21.8 Å². The molecule has 1 unspecified atom stereocenters. The third-order valence-corrected chi connectivity index (χ3v) is 5.72. The van der Waals surface area contributed by atoms with E-state index in [4.69, 9.17) is 17.3 Å². The molecule has 2 N–H and O–H groups in total. The Kier molecular flexibility index (Phi) is 7.61. The van der Waals surface area contributed by atoms with Crippen molar-refractivity contribution in [3.63, 3.8) is 0 Å². The molecule has 1 saturated heterocycles. The molecule has 2 aromatic rings. The number of amides is 1. The lowest BCUT2D eigenvalue weighted by Gasteiger charge is -2.24. The van der Waals surface area contributed by atoms with E-state index < -0.39 is 11.9 Å². The number of hydrogen-bond acceptors (Lipinski definition) is 3. The molecule has 4 nitrogen and oxygen atoms in total. The van der Waals surface area contributed by atoms with Gasteiger partial charge in [0.25, 0.3) is 5.91 Å². The largest absolute Gasteiger partial charge is 0.430 e. The highest BCUT2D eigenvalue weighted by molar-refractivity contribution is 6.33. The molecule has 3 rings (SSSR count). The maximum atomic E-state index is 13.1. The molecule has 1 aliphatic rings. The van der Waals surface area contributed by atoms with Gasteiger partial charge in [-0.3, -0.25) is 4.79 Å². The minimum Gasteiger partial charge on any atom is -0.395 e. The third-order valence-electron chi connectivity index (χ3n) is 5.40. The van der Waals surface area contributed by atoms with Gasteiger partial charge in [-0.05, 0) is 49.6 Å². The molecule has 0 spiro atoms. The summed E-state index contributed by atoms with van der Waals surface area (Å²) >= 11 is 6.13. The first-order valence-electron chi connectivity index (χ1n) is 10.5. The van der Waals surface area contributed by atoms with Crippen molar-refractivity contribution < 1.29 is 18.0 Å². The van der Waals surface area contributed by atoms with E-state index in [9.17, 15) is 18.0 Å². The van der Waals surface area contributed by atoms with Gasteiger partial charge in [-0.1, -0.05) is 49.2 Å². The first-order chi connectivity index (χ1) is 15.2.